The number of hydrogen-bond donors (Lipinski definition) is 2. The van der Waals surface area contributed by atoms with Crippen LogP contribution in [0.4, 0.5) is 0 Å². The van der Waals surface area contributed by atoms with Gasteiger partial charge in [-0.05, 0) is 5.39 Å². The predicted molar refractivity (Wildman–Crippen MR) is 75.3 cm³/mol. The topological polar surface area (TPSA) is 102 Å². The molecule has 2 N–H and O–H groups in total. The van der Waals surface area contributed by atoms with Crippen molar-refractivity contribution in [2.45, 2.75) is 6.42 Å². The van der Waals surface area contributed by atoms with Crippen LogP contribution in [0.3, 0.4) is 0 Å². The zero-order valence-corrected chi connectivity index (χ0v) is 11.1. The number of carbonyl (C=O) groups is 1. The Labute approximate surface area is 120 Å². The second-order valence-corrected chi connectivity index (χ2v) is 4.38. The van der Waals surface area contributed by atoms with Gasteiger partial charge in [0.25, 0.3) is 5.09 Å². The molecule has 0 aliphatic heterocycles. The molecule has 2 aromatic carbocycles. The molecule has 0 radical (unpaired) electrons. The van der Waals surface area contributed by atoms with E-state index in [0.717, 1.165) is 5.39 Å². The quantitative estimate of drug-likeness (QED) is 0.476. The van der Waals surface area contributed by atoms with E-state index in [1.54, 1.807) is 18.2 Å². The molecular weight excluding hydrogens is 276 g/mol. The number of hydrogen-bond acceptors (Lipinski definition) is 5. The highest BCUT2D eigenvalue weighted by Crippen LogP contribution is 2.28. The summed E-state index contributed by atoms with van der Waals surface area (Å²) in [5.41, 5.74) is 0.501. The Morgan fingerprint density at radius 1 is 1.29 bits per heavy atom. The van der Waals surface area contributed by atoms with E-state index in [4.69, 9.17) is 0 Å². The molecule has 1 amide bonds. The highest BCUT2D eigenvalue weighted by molar-refractivity contribution is 5.91. The third-order valence-corrected chi connectivity index (χ3v) is 2.96. The molecule has 0 saturated heterocycles. The number of phenolic OH excluding ortho intramolecular Hbond substituents is 1. The van der Waals surface area contributed by atoms with Gasteiger partial charge in [-0.3, -0.25) is 4.79 Å². The summed E-state index contributed by atoms with van der Waals surface area (Å²) in [6.07, 6.45) is -0.00483. The number of amides is 1. The summed E-state index contributed by atoms with van der Waals surface area (Å²) < 4.78 is 0. The van der Waals surface area contributed by atoms with Gasteiger partial charge in [0.1, 0.15) is 12.4 Å². The van der Waals surface area contributed by atoms with Gasteiger partial charge in [-0.1, -0.05) is 36.4 Å². The van der Waals surface area contributed by atoms with Crippen LogP contribution in [-0.4, -0.2) is 29.3 Å². The molecule has 0 unspecified atom stereocenters. The lowest BCUT2D eigenvalue weighted by atomic mass is 10.0. The highest BCUT2D eigenvalue weighted by atomic mass is 16.9. The number of rotatable bonds is 6. The average molecular weight is 290 g/mol. The highest BCUT2D eigenvalue weighted by Gasteiger charge is 2.10. The average Bonchev–Trinajstić information content (AvgIpc) is 2.47. The minimum Gasteiger partial charge on any atom is -0.507 e. The van der Waals surface area contributed by atoms with Gasteiger partial charge in [0.2, 0.25) is 5.91 Å². The molecule has 0 heterocycles. The Hall–Kier alpha value is -2.83. The fourth-order valence-electron chi connectivity index (χ4n) is 1.99. The van der Waals surface area contributed by atoms with Crippen LogP contribution < -0.4 is 5.32 Å². The lowest BCUT2D eigenvalue weighted by molar-refractivity contribution is -0.757. The van der Waals surface area contributed by atoms with E-state index in [1.807, 2.05) is 18.2 Å². The lowest BCUT2D eigenvalue weighted by Gasteiger charge is -2.08. The Morgan fingerprint density at radius 2 is 2.05 bits per heavy atom. The molecule has 21 heavy (non-hydrogen) atoms. The molecule has 0 aliphatic rings. The predicted octanol–water partition coefficient (Wildman–Crippen LogP) is 1.41. The number of aromatic hydroxyl groups is 1. The number of carbonyl (C=O) groups excluding carboxylic acids is 1. The zero-order valence-electron chi connectivity index (χ0n) is 11.1. The van der Waals surface area contributed by atoms with Crippen molar-refractivity contribution in [3.63, 3.8) is 0 Å². The summed E-state index contributed by atoms with van der Waals surface area (Å²) in [7, 11) is 0. The van der Waals surface area contributed by atoms with E-state index >= 15 is 0 Å². The molecule has 110 valence electrons. The summed E-state index contributed by atoms with van der Waals surface area (Å²) >= 11 is 0. The van der Waals surface area contributed by atoms with Crippen molar-refractivity contribution in [3.8, 4) is 5.75 Å². The fraction of sp³-hybridized carbons (Fsp3) is 0.214. The second-order valence-electron chi connectivity index (χ2n) is 4.38. The van der Waals surface area contributed by atoms with Crippen LogP contribution in [0.25, 0.3) is 10.8 Å². The van der Waals surface area contributed by atoms with Crippen LogP contribution in [0.2, 0.25) is 0 Å². The third-order valence-electron chi connectivity index (χ3n) is 2.96. The summed E-state index contributed by atoms with van der Waals surface area (Å²) in [6, 6.07) is 10.8. The smallest absolute Gasteiger partial charge is 0.294 e. The second kappa shape index (κ2) is 6.56. The first-order valence-corrected chi connectivity index (χ1v) is 6.31. The molecule has 0 atom stereocenters. The lowest BCUT2D eigenvalue weighted by Crippen LogP contribution is -2.29. The maximum Gasteiger partial charge on any atom is 0.294 e. The number of phenols is 1. The number of nitrogens with zero attached hydrogens (tertiary/aromatic N) is 1. The molecule has 2 rings (SSSR count). The first-order valence-electron chi connectivity index (χ1n) is 6.31. The van der Waals surface area contributed by atoms with Gasteiger partial charge in [0.05, 0.1) is 6.42 Å². The minimum absolute atomic E-state index is 0.00483. The van der Waals surface area contributed by atoms with E-state index in [2.05, 4.69) is 10.2 Å². The zero-order chi connectivity index (χ0) is 15.2. The van der Waals surface area contributed by atoms with Crippen molar-refractivity contribution in [2.24, 2.45) is 0 Å². The molecule has 0 aliphatic carbocycles. The number of benzene rings is 2. The molecule has 0 aromatic heterocycles. The van der Waals surface area contributed by atoms with Crippen LogP contribution in [0.1, 0.15) is 5.56 Å². The van der Waals surface area contributed by atoms with Gasteiger partial charge < -0.3 is 15.3 Å². The normalized spacial score (nSPS) is 10.3. The fourth-order valence-corrected chi connectivity index (χ4v) is 1.99. The van der Waals surface area contributed by atoms with Crippen molar-refractivity contribution in [3.05, 3.63) is 52.1 Å². The van der Waals surface area contributed by atoms with Crippen LogP contribution in [-0.2, 0) is 16.1 Å². The van der Waals surface area contributed by atoms with Crippen LogP contribution >= 0.6 is 0 Å². The van der Waals surface area contributed by atoms with Crippen molar-refractivity contribution in [1.29, 1.82) is 0 Å². The van der Waals surface area contributed by atoms with Gasteiger partial charge in [-0.2, -0.15) is 0 Å². The summed E-state index contributed by atoms with van der Waals surface area (Å²) in [5, 5.41) is 23.2. The summed E-state index contributed by atoms with van der Waals surface area (Å²) in [4.78, 5) is 25.7. The first-order chi connectivity index (χ1) is 10.1. The van der Waals surface area contributed by atoms with Crippen LogP contribution in [0, 0.1) is 10.1 Å². The van der Waals surface area contributed by atoms with Gasteiger partial charge in [0, 0.05) is 17.5 Å². The number of nitrogens with one attached hydrogen (secondary N) is 1. The molecule has 0 fully saturated rings. The van der Waals surface area contributed by atoms with E-state index in [1.165, 1.54) is 0 Å². The van der Waals surface area contributed by atoms with E-state index in [-0.39, 0.29) is 31.2 Å². The van der Waals surface area contributed by atoms with Gasteiger partial charge in [-0.25, -0.2) is 0 Å². The van der Waals surface area contributed by atoms with Gasteiger partial charge >= 0.3 is 0 Å². The molecule has 0 bridgehead atoms. The SMILES string of the molecule is O=C(Cc1ccc2ccccc2c1O)NCCO[N+](=O)[O-]. The summed E-state index contributed by atoms with van der Waals surface area (Å²) in [5.74, 6) is -0.266. The van der Waals surface area contributed by atoms with Crippen molar-refractivity contribution >= 4 is 16.7 Å². The first kappa shape index (κ1) is 14.6. The molecule has 0 saturated carbocycles. The van der Waals surface area contributed by atoms with Crippen molar-refractivity contribution < 1.29 is 19.8 Å². The van der Waals surface area contributed by atoms with Crippen molar-refractivity contribution in [1.82, 2.24) is 5.32 Å². The molecule has 7 heteroatoms. The Balaban J connectivity index is 1.98. The standard InChI is InChI=1S/C14H14N2O5/c17-13(15-7-8-21-16(19)20)9-11-6-5-10-3-1-2-4-12(10)14(11)18/h1-6,18H,7-9H2,(H,15,17). The Bertz CT molecular complexity index is 671. The van der Waals surface area contributed by atoms with Crippen molar-refractivity contribution in [2.75, 3.05) is 13.2 Å². The van der Waals surface area contributed by atoms with Crippen LogP contribution in [0.5, 0.6) is 5.75 Å². The molecule has 2 aromatic rings. The number of fused-ring (bicyclic) bond motifs is 1. The van der Waals surface area contributed by atoms with Gasteiger partial charge in [0.15, 0.2) is 0 Å². The maximum absolute atomic E-state index is 11.7. The molecule has 0 spiro atoms. The molecule has 7 nitrogen and oxygen atoms in total. The largest absolute Gasteiger partial charge is 0.507 e. The van der Waals surface area contributed by atoms with E-state index < -0.39 is 5.09 Å². The summed E-state index contributed by atoms with van der Waals surface area (Å²) in [6.45, 7) is -0.170. The van der Waals surface area contributed by atoms with E-state index in [0.29, 0.717) is 10.9 Å². The Kier molecular flexibility index (Phi) is 4.55. The minimum atomic E-state index is -0.915. The maximum atomic E-state index is 11.7. The van der Waals surface area contributed by atoms with E-state index in [9.17, 15) is 20.0 Å². The monoisotopic (exact) mass is 290 g/mol. The third kappa shape index (κ3) is 3.82. The Morgan fingerprint density at radius 3 is 2.81 bits per heavy atom. The molecular formula is C14H14N2O5. The van der Waals surface area contributed by atoms with Crippen LogP contribution in [0.15, 0.2) is 36.4 Å². The van der Waals surface area contributed by atoms with Gasteiger partial charge in [-0.15, -0.1) is 10.1 Å².